The van der Waals surface area contributed by atoms with Crippen molar-refractivity contribution >= 4 is 6.08 Å². The van der Waals surface area contributed by atoms with E-state index >= 15 is 0 Å². The van der Waals surface area contributed by atoms with Crippen molar-refractivity contribution in [2.24, 2.45) is 0 Å². The van der Waals surface area contributed by atoms with Crippen molar-refractivity contribution < 1.29 is 9.50 Å². The van der Waals surface area contributed by atoms with E-state index in [1.807, 2.05) is 6.08 Å². The summed E-state index contributed by atoms with van der Waals surface area (Å²) in [6.45, 7) is 0.0658. The summed E-state index contributed by atoms with van der Waals surface area (Å²) in [5.41, 5.74) is 2.95. The molecule has 0 aromatic heterocycles. The van der Waals surface area contributed by atoms with Gasteiger partial charge in [0.25, 0.3) is 0 Å². The van der Waals surface area contributed by atoms with Crippen LogP contribution in [0.5, 0.6) is 0 Å². The molecule has 0 radical (unpaired) electrons. The molecule has 1 aliphatic rings. The lowest BCUT2D eigenvalue weighted by atomic mass is 10.1. The Hall–Kier alpha value is -1.15. The Balaban J connectivity index is 2.40. The summed E-state index contributed by atoms with van der Waals surface area (Å²) in [6.07, 6.45) is 2.60. The molecule has 0 unspecified atom stereocenters. The number of aliphatic hydroxyl groups excluding tert-OH is 1. The molecule has 0 saturated carbocycles. The average molecular weight is 164 g/mol. The predicted octanol–water partition coefficient (Wildman–Crippen LogP) is 1.76. The van der Waals surface area contributed by atoms with Gasteiger partial charge in [0.05, 0.1) is 6.61 Å². The number of benzene rings is 1. The van der Waals surface area contributed by atoms with Gasteiger partial charge in [-0.05, 0) is 35.3 Å². The van der Waals surface area contributed by atoms with E-state index in [2.05, 4.69) is 0 Å². The Labute approximate surface area is 70.2 Å². The van der Waals surface area contributed by atoms with Crippen LogP contribution in [-0.4, -0.2) is 11.7 Å². The van der Waals surface area contributed by atoms with Crippen LogP contribution in [0, 0.1) is 5.82 Å². The highest BCUT2D eigenvalue weighted by Gasteiger charge is 2.11. The van der Waals surface area contributed by atoms with Crippen LogP contribution in [0.2, 0.25) is 0 Å². The zero-order chi connectivity index (χ0) is 8.55. The van der Waals surface area contributed by atoms with Crippen LogP contribution in [0.4, 0.5) is 4.39 Å². The number of rotatable bonds is 1. The molecule has 12 heavy (non-hydrogen) atoms. The molecule has 0 aliphatic heterocycles. The van der Waals surface area contributed by atoms with Gasteiger partial charge in [0, 0.05) is 0 Å². The standard InChI is InChI=1S/C10H9FO/c11-10-2-1-8-3-7(6-12)4-9(8)5-10/h1-3,5,12H,4,6H2. The second-order valence-electron chi connectivity index (χ2n) is 2.98. The highest BCUT2D eigenvalue weighted by Crippen LogP contribution is 2.24. The number of hydrogen-bond acceptors (Lipinski definition) is 1. The summed E-state index contributed by atoms with van der Waals surface area (Å²) in [7, 11) is 0. The molecule has 0 amide bonds. The zero-order valence-electron chi connectivity index (χ0n) is 6.55. The van der Waals surface area contributed by atoms with E-state index in [0.29, 0.717) is 6.42 Å². The summed E-state index contributed by atoms with van der Waals surface area (Å²) in [6, 6.07) is 4.71. The lowest BCUT2D eigenvalue weighted by molar-refractivity contribution is 0.330. The molecular formula is C10H9FO. The number of fused-ring (bicyclic) bond motifs is 1. The summed E-state index contributed by atoms with van der Waals surface area (Å²) >= 11 is 0. The Morgan fingerprint density at radius 3 is 3.00 bits per heavy atom. The fourth-order valence-electron chi connectivity index (χ4n) is 1.49. The minimum absolute atomic E-state index is 0.0658. The smallest absolute Gasteiger partial charge is 0.123 e. The van der Waals surface area contributed by atoms with Crippen molar-refractivity contribution in [2.45, 2.75) is 6.42 Å². The van der Waals surface area contributed by atoms with Crippen molar-refractivity contribution in [3.8, 4) is 0 Å². The summed E-state index contributed by atoms with van der Waals surface area (Å²) in [5, 5.41) is 8.85. The zero-order valence-corrected chi connectivity index (χ0v) is 6.55. The number of aliphatic hydroxyl groups is 1. The van der Waals surface area contributed by atoms with E-state index < -0.39 is 0 Å². The highest BCUT2D eigenvalue weighted by molar-refractivity contribution is 5.63. The third-order valence-electron chi connectivity index (χ3n) is 2.09. The molecule has 0 heterocycles. The second kappa shape index (κ2) is 2.72. The van der Waals surface area contributed by atoms with E-state index in [1.54, 1.807) is 6.07 Å². The van der Waals surface area contributed by atoms with Crippen LogP contribution < -0.4 is 0 Å². The van der Waals surface area contributed by atoms with Gasteiger partial charge in [0.2, 0.25) is 0 Å². The van der Waals surface area contributed by atoms with Gasteiger partial charge >= 0.3 is 0 Å². The van der Waals surface area contributed by atoms with Gasteiger partial charge in [-0.1, -0.05) is 12.1 Å². The first-order valence-electron chi connectivity index (χ1n) is 3.88. The molecule has 0 spiro atoms. The van der Waals surface area contributed by atoms with Gasteiger partial charge < -0.3 is 5.11 Å². The number of hydrogen-bond donors (Lipinski definition) is 1. The Kier molecular flexibility index (Phi) is 1.70. The van der Waals surface area contributed by atoms with Gasteiger partial charge in [0.15, 0.2) is 0 Å². The summed E-state index contributed by atoms with van der Waals surface area (Å²) < 4.78 is 12.7. The lowest BCUT2D eigenvalue weighted by Gasteiger charge is -1.97. The normalized spacial score (nSPS) is 14.3. The molecular weight excluding hydrogens is 155 g/mol. The molecule has 1 nitrogen and oxygen atoms in total. The Bertz CT molecular complexity index is 342. The molecule has 1 aromatic carbocycles. The van der Waals surface area contributed by atoms with Crippen LogP contribution in [0.15, 0.2) is 23.8 Å². The fraction of sp³-hybridized carbons (Fsp3) is 0.200. The quantitative estimate of drug-likeness (QED) is 0.670. The van der Waals surface area contributed by atoms with Gasteiger partial charge in [-0.3, -0.25) is 0 Å². The molecule has 0 bridgehead atoms. The van der Waals surface area contributed by atoms with E-state index in [4.69, 9.17) is 5.11 Å². The van der Waals surface area contributed by atoms with Crippen LogP contribution in [-0.2, 0) is 6.42 Å². The first-order valence-corrected chi connectivity index (χ1v) is 3.88. The molecule has 0 fully saturated rings. The van der Waals surface area contributed by atoms with E-state index in [9.17, 15) is 4.39 Å². The van der Waals surface area contributed by atoms with E-state index in [1.165, 1.54) is 12.1 Å². The highest BCUT2D eigenvalue weighted by atomic mass is 19.1. The van der Waals surface area contributed by atoms with Gasteiger partial charge in [-0.15, -0.1) is 0 Å². The molecule has 0 atom stereocenters. The minimum Gasteiger partial charge on any atom is -0.392 e. The summed E-state index contributed by atoms with van der Waals surface area (Å²) in [4.78, 5) is 0. The van der Waals surface area contributed by atoms with Crippen molar-refractivity contribution in [1.29, 1.82) is 0 Å². The van der Waals surface area contributed by atoms with Crippen molar-refractivity contribution in [3.05, 3.63) is 40.7 Å². The van der Waals surface area contributed by atoms with Gasteiger partial charge in [0.1, 0.15) is 5.82 Å². The molecule has 1 N–H and O–H groups in total. The fourth-order valence-corrected chi connectivity index (χ4v) is 1.49. The van der Waals surface area contributed by atoms with Crippen LogP contribution in [0.25, 0.3) is 6.08 Å². The van der Waals surface area contributed by atoms with E-state index in [0.717, 1.165) is 16.7 Å². The van der Waals surface area contributed by atoms with Crippen LogP contribution in [0.1, 0.15) is 11.1 Å². The van der Waals surface area contributed by atoms with Crippen molar-refractivity contribution in [3.63, 3.8) is 0 Å². The third kappa shape index (κ3) is 1.14. The third-order valence-corrected chi connectivity index (χ3v) is 2.09. The molecule has 1 aromatic rings. The van der Waals surface area contributed by atoms with E-state index in [-0.39, 0.29) is 12.4 Å². The monoisotopic (exact) mass is 164 g/mol. The SMILES string of the molecule is OCC1=Cc2ccc(F)cc2C1. The average Bonchev–Trinajstić information content (AvgIpc) is 2.46. The summed E-state index contributed by atoms with van der Waals surface area (Å²) in [5.74, 6) is -0.207. The topological polar surface area (TPSA) is 20.2 Å². The first kappa shape index (κ1) is 7.50. The largest absolute Gasteiger partial charge is 0.392 e. The maximum absolute atomic E-state index is 12.7. The molecule has 1 aliphatic carbocycles. The minimum atomic E-state index is -0.207. The van der Waals surface area contributed by atoms with Crippen molar-refractivity contribution in [1.82, 2.24) is 0 Å². The lowest BCUT2D eigenvalue weighted by Crippen LogP contribution is -1.89. The maximum Gasteiger partial charge on any atom is 0.123 e. The molecule has 2 rings (SSSR count). The molecule has 62 valence electrons. The van der Waals surface area contributed by atoms with Crippen LogP contribution in [0.3, 0.4) is 0 Å². The van der Waals surface area contributed by atoms with Gasteiger partial charge in [-0.25, -0.2) is 4.39 Å². The Morgan fingerprint density at radius 1 is 1.42 bits per heavy atom. The first-order chi connectivity index (χ1) is 5.79. The van der Waals surface area contributed by atoms with Crippen LogP contribution >= 0.6 is 0 Å². The Morgan fingerprint density at radius 2 is 2.25 bits per heavy atom. The maximum atomic E-state index is 12.7. The predicted molar refractivity (Wildman–Crippen MR) is 45.2 cm³/mol. The second-order valence-corrected chi connectivity index (χ2v) is 2.98. The molecule has 0 saturated heterocycles. The molecule has 2 heteroatoms. The van der Waals surface area contributed by atoms with Gasteiger partial charge in [-0.2, -0.15) is 0 Å². The van der Waals surface area contributed by atoms with Crippen molar-refractivity contribution in [2.75, 3.05) is 6.61 Å². The number of halogens is 1.